The standard InChI is InChI=1S/C19H23N3O4/c1-12(18(24)20-13-7-3-4-8-13)26-17(23)11-16-14-9-5-6-10-15(14)19(25)22(2)21-16/h5-6,9-10,12-13H,3-4,7-8,11H2,1-2H3,(H,20,24). The van der Waals surface area contributed by atoms with Crippen LogP contribution in [0.1, 0.15) is 38.3 Å². The Balaban J connectivity index is 1.68. The molecule has 1 heterocycles. The molecule has 1 unspecified atom stereocenters. The van der Waals surface area contributed by atoms with Crippen LogP contribution in [0.4, 0.5) is 0 Å². The van der Waals surface area contributed by atoms with E-state index < -0.39 is 12.1 Å². The predicted molar refractivity (Wildman–Crippen MR) is 96.6 cm³/mol. The number of benzene rings is 1. The first-order valence-electron chi connectivity index (χ1n) is 8.90. The van der Waals surface area contributed by atoms with Gasteiger partial charge in [-0.2, -0.15) is 5.10 Å². The molecule has 1 aliphatic carbocycles. The number of amides is 1. The normalized spacial score (nSPS) is 15.8. The molecule has 138 valence electrons. The van der Waals surface area contributed by atoms with Crippen LogP contribution in [0.25, 0.3) is 10.8 Å². The number of carbonyl (C=O) groups excluding carboxylic acids is 2. The number of esters is 1. The Morgan fingerprint density at radius 3 is 2.62 bits per heavy atom. The molecule has 0 radical (unpaired) electrons. The van der Waals surface area contributed by atoms with Crippen molar-refractivity contribution >= 4 is 22.6 Å². The topological polar surface area (TPSA) is 90.3 Å². The lowest BCUT2D eigenvalue weighted by Gasteiger charge is -2.17. The van der Waals surface area contributed by atoms with Crippen LogP contribution in [0, 0.1) is 0 Å². The van der Waals surface area contributed by atoms with E-state index in [1.807, 2.05) is 0 Å². The van der Waals surface area contributed by atoms with E-state index in [4.69, 9.17) is 4.74 Å². The smallest absolute Gasteiger partial charge is 0.312 e. The highest BCUT2D eigenvalue weighted by Gasteiger charge is 2.23. The molecule has 0 spiro atoms. The van der Waals surface area contributed by atoms with Crippen LogP contribution in [0.3, 0.4) is 0 Å². The van der Waals surface area contributed by atoms with Gasteiger partial charge in [0.2, 0.25) is 0 Å². The van der Waals surface area contributed by atoms with Gasteiger partial charge in [-0.25, -0.2) is 4.68 Å². The Hall–Kier alpha value is -2.70. The van der Waals surface area contributed by atoms with Gasteiger partial charge < -0.3 is 10.1 Å². The van der Waals surface area contributed by atoms with Crippen molar-refractivity contribution in [2.75, 3.05) is 0 Å². The number of fused-ring (bicyclic) bond motifs is 1. The number of aryl methyl sites for hydroxylation is 1. The van der Waals surface area contributed by atoms with E-state index in [0.29, 0.717) is 16.5 Å². The number of carbonyl (C=O) groups is 2. The summed E-state index contributed by atoms with van der Waals surface area (Å²) in [7, 11) is 1.54. The van der Waals surface area contributed by atoms with E-state index in [9.17, 15) is 14.4 Å². The van der Waals surface area contributed by atoms with E-state index in [2.05, 4.69) is 10.4 Å². The Bertz CT molecular complexity index is 884. The second-order valence-corrected chi connectivity index (χ2v) is 6.72. The summed E-state index contributed by atoms with van der Waals surface area (Å²) in [6.07, 6.45) is 3.22. The van der Waals surface area contributed by atoms with Crippen molar-refractivity contribution in [2.45, 2.75) is 51.2 Å². The highest BCUT2D eigenvalue weighted by atomic mass is 16.5. The molecule has 1 N–H and O–H groups in total. The van der Waals surface area contributed by atoms with Gasteiger partial charge >= 0.3 is 5.97 Å². The van der Waals surface area contributed by atoms with Crippen molar-refractivity contribution < 1.29 is 14.3 Å². The van der Waals surface area contributed by atoms with Gasteiger partial charge in [0.05, 0.1) is 17.5 Å². The maximum Gasteiger partial charge on any atom is 0.312 e. The fourth-order valence-electron chi connectivity index (χ4n) is 3.32. The third kappa shape index (κ3) is 3.92. The second kappa shape index (κ2) is 7.68. The average molecular weight is 357 g/mol. The molecule has 2 aromatic rings. The zero-order valence-corrected chi connectivity index (χ0v) is 15.0. The quantitative estimate of drug-likeness (QED) is 0.819. The van der Waals surface area contributed by atoms with E-state index in [0.717, 1.165) is 25.7 Å². The van der Waals surface area contributed by atoms with Crippen LogP contribution >= 0.6 is 0 Å². The number of hydrogen-bond acceptors (Lipinski definition) is 5. The fourth-order valence-corrected chi connectivity index (χ4v) is 3.32. The molecule has 0 saturated heterocycles. The van der Waals surface area contributed by atoms with Gasteiger partial charge in [0.15, 0.2) is 6.10 Å². The summed E-state index contributed by atoms with van der Waals surface area (Å²) in [5, 5.41) is 8.22. The first-order valence-corrected chi connectivity index (χ1v) is 8.90. The molecule has 26 heavy (non-hydrogen) atoms. The minimum Gasteiger partial charge on any atom is -0.452 e. The summed E-state index contributed by atoms with van der Waals surface area (Å²) in [4.78, 5) is 36.6. The summed E-state index contributed by atoms with van der Waals surface area (Å²) in [6, 6.07) is 7.18. The van der Waals surface area contributed by atoms with Crippen molar-refractivity contribution in [1.82, 2.24) is 15.1 Å². The van der Waals surface area contributed by atoms with E-state index in [1.54, 1.807) is 38.2 Å². The lowest BCUT2D eigenvalue weighted by molar-refractivity contribution is -0.154. The monoisotopic (exact) mass is 357 g/mol. The van der Waals surface area contributed by atoms with Crippen molar-refractivity contribution in [3.05, 3.63) is 40.3 Å². The molecule has 1 aliphatic rings. The molecule has 1 atom stereocenters. The van der Waals surface area contributed by atoms with Crippen LogP contribution in [0.2, 0.25) is 0 Å². The van der Waals surface area contributed by atoms with Crippen LogP contribution in [-0.2, 0) is 27.8 Å². The molecule has 1 aromatic carbocycles. The number of aromatic nitrogens is 2. The third-order valence-corrected chi connectivity index (χ3v) is 4.72. The van der Waals surface area contributed by atoms with Crippen molar-refractivity contribution in [3.8, 4) is 0 Å². The molecule has 1 amide bonds. The second-order valence-electron chi connectivity index (χ2n) is 6.72. The first kappa shape index (κ1) is 18.1. The SMILES string of the molecule is CC(OC(=O)Cc1nn(C)c(=O)c2ccccc12)C(=O)NC1CCCC1. The zero-order chi connectivity index (χ0) is 18.7. The highest BCUT2D eigenvalue weighted by molar-refractivity contribution is 5.88. The molecular formula is C19H23N3O4. The molecule has 0 bridgehead atoms. The number of nitrogens with one attached hydrogen (secondary N) is 1. The zero-order valence-electron chi connectivity index (χ0n) is 15.0. The Labute approximate surface area is 151 Å². The number of ether oxygens (including phenoxy) is 1. The van der Waals surface area contributed by atoms with Gasteiger partial charge in [-0.15, -0.1) is 0 Å². The Kier molecular flexibility index (Phi) is 5.35. The lowest BCUT2D eigenvalue weighted by atomic mass is 10.1. The fraction of sp³-hybridized carbons (Fsp3) is 0.474. The minimum atomic E-state index is -0.859. The molecule has 3 rings (SSSR count). The average Bonchev–Trinajstić information content (AvgIpc) is 3.12. The summed E-state index contributed by atoms with van der Waals surface area (Å²) in [6.45, 7) is 1.56. The maximum absolute atomic E-state index is 12.3. The van der Waals surface area contributed by atoms with Crippen molar-refractivity contribution in [3.63, 3.8) is 0 Å². The van der Waals surface area contributed by atoms with Gasteiger partial charge in [-0.05, 0) is 25.8 Å². The number of nitrogens with zero attached hydrogens (tertiary/aromatic N) is 2. The van der Waals surface area contributed by atoms with E-state index in [1.165, 1.54) is 4.68 Å². The summed E-state index contributed by atoms with van der Waals surface area (Å²) in [5.74, 6) is -0.820. The van der Waals surface area contributed by atoms with Crippen molar-refractivity contribution in [2.24, 2.45) is 7.05 Å². The third-order valence-electron chi connectivity index (χ3n) is 4.72. The van der Waals surface area contributed by atoms with Crippen LogP contribution in [0.5, 0.6) is 0 Å². The van der Waals surface area contributed by atoms with E-state index >= 15 is 0 Å². The minimum absolute atomic E-state index is 0.102. The molecule has 1 fully saturated rings. The summed E-state index contributed by atoms with van der Waals surface area (Å²) >= 11 is 0. The molecule has 1 aromatic heterocycles. The molecule has 7 heteroatoms. The first-order chi connectivity index (χ1) is 12.5. The van der Waals surface area contributed by atoms with Crippen LogP contribution in [-0.4, -0.2) is 33.8 Å². The van der Waals surface area contributed by atoms with E-state index in [-0.39, 0.29) is 23.9 Å². The van der Waals surface area contributed by atoms with Gasteiger partial charge in [0, 0.05) is 18.5 Å². The highest BCUT2D eigenvalue weighted by Crippen LogP contribution is 2.18. The predicted octanol–water partition coefficient (Wildman–Crippen LogP) is 1.47. The Morgan fingerprint density at radius 2 is 1.92 bits per heavy atom. The van der Waals surface area contributed by atoms with Gasteiger partial charge in [0.1, 0.15) is 0 Å². The Morgan fingerprint density at radius 1 is 1.27 bits per heavy atom. The summed E-state index contributed by atoms with van der Waals surface area (Å²) < 4.78 is 6.48. The summed E-state index contributed by atoms with van der Waals surface area (Å²) in [5.41, 5.74) is 0.234. The van der Waals surface area contributed by atoms with Crippen LogP contribution in [0.15, 0.2) is 29.1 Å². The largest absolute Gasteiger partial charge is 0.452 e. The lowest BCUT2D eigenvalue weighted by Crippen LogP contribution is -2.41. The molecule has 0 aliphatic heterocycles. The van der Waals surface area contributed by atoms with Gasteiger partial charge in [-0.1, -0.05) is 31.0 Å². The number of rotatable bonds is 5. The molecule has 7 nitrogen and oxygen atoms in total. The number of hydrogen-bond donors (Lipinski definition) is 1. The van der Waals surface area contributed by atoms with Gasteiger partial charge in [-0.3, -0.25) is 14.4 Å². The maximum atomic E-state index is 12.3. The van der Waals surface area contributed by atoms with Gasteiger partial charge in [0.25, 0.3) is 11.5 Å². The van der Waals surface area contributed by atoms with Crippen molar-refractivity contribution in [1.29, 1.82) is 0 Å². The van der Waals surface area contributed by atoms with Crippen LogP contribution < -0.4 is 10.9 Å². The molecular weight excluding hydrogens is 334 g/mol. The molecule has 1 saturated carbocycles.